The summed E-state index contributed by atoms with van der Waals surface area (Å²) in [5.74, 6) is 0. The van der Waals surface area contributed by atoms with Gasteiger partial charge < -0.3 is 5.32 Å². The van der Waals surface area contributed by atoms with Crippen molar-refractivity contribution in [3.63, 3.8) is 0 Å². The van der Waals surface area contributed by atoms with Crippen molar-refractivity contribution in [2.45, 2.75) is 0 Å². The first kappa shape index (κ1) is 11.1. The van der Waals surface area contributed by atoms with Gasteiger partial charge in [-0.15, -0.1) is 0 Å². The van der Waals surface area contributed by atoms with E-state index in [1.807, 2.05) is 24.3 Å². The first-order valence-electron chi connectivity index (χ1n) is 3.98. The summed E-state index contributed by atoms with van der Waals surface area (Å²) in [6.45, 7) is 0. The predicted octanol–water partition coefficient (Wildman–Crippen LogP) is 1.88. The molecule has 1 aromatic carbocycles. The predicted molar refractivity (Wildman–Crippen MR) is 66.5 cm³/mol. The van der Waals surface area contributed by atoms with Gasteiger partial charge in [-0.05, 0) is 29.9 Å². The van der Waals surface area contributed by atoms with Crippen molar-refractivity contribution < 1.29 is 0 Å². The largest absolute Gasteiger partial charge is 0.364 e. The summed E-state index contributed by atoms with van der Waals surface area (Å²) >= 11 is 8.23. The fraction of sp³-hybridized carbons (Fsp3) is 0.111. The number of hydrogen-bond donors (Lipinski definition) is 2. The van der Waals surface area contributed by atoms with Crippen molar-refractivity contribution in [3.05, 3.63) is 34.3 Å². The lowest BCUT2D eigenvalue weighted by atomic mass is 10.2. The molecule has 0 saturated heterocycles. The first-order chi connectivity index (χ1) is 6.72. The molecule has 5 heteroatoms. The highest BCUT2D eigenvalue weighted by Gasteiger charge is 1.89. The van der Waals surface area contributed by atoms with Crippen LogP contribution in [0.15, 0.2) is 33.8 Å². The molecule has 3 nitrogen and oxygen atoms in total. The van der Waals surface area contributed by atoms with Gasteiger partial charge in [0.25, 0.3) is 0 Å². The highest BCUT2D eigenvalue weighted by atomic mass is 79.9. The third-order valence-corrected chi connectivity index (χ3v) is 2.24. The van der Waals surface area contributed by atoms with E-state index >= 15 is 0 Å². The van der Waals surface area contributed by atoms with Gasteiger partial charge in [-0.3, -0.25) is 5.43 Å². The first-order valence-corrected chi connectivity index (χ1v) is 5.19. The molecule has 0 fully saturated rings. The number of rotatable bonds is 2. The number of halogens is 1. The molecule has 14 heavy (non-hydrogen) atoms. The van der Waals surface area contributed by atoms with Crippen LogP contribution in [0.1, 0.15) is 5.56 Å². The minimum absolute atomic E-state index is 0.497. The van der Waals surface area contributed by atoms with Gasteiger partial charge in [0.1, 0.15) is 0 Å². The number of thiocarbonyl (C=S) groups is 1. The van der Waals surface area contributed by atoms with Crippen molar-refractivity contribution in [1.29, 1.82) is 0 Å². The van der Waals surface area contributed by atoms with E-state index in [2.05, 4.69) is 31.8 Å². The molecular formula is C9H10BrN3S. The lowest BCUT2D eigenvalue weighted by Crippen LogP contribution is -2.28. The third-order valence-electron chi connectivity index (χ3n) is 1.46. The van der Waals surface area contributed by atoms with Gasteiger partial charge in [0.15, 0.2) is 5.11 Å². The van der Waals surface area contributed by atoms with Gasteiger partial charge in [0.05, 0.1) is 6.21 Å². The smallest absolute Gasteiger partial charge is 0.186 e. The summed E-state index contributed by atoms with van der Waals surface area (Å²) in [5, 5.41) is 7.21. The second-order valence-corrected chi connectivity index (χ2v) is 3.83. The van der Waals surface area contributed by atoms with Crippen LogP contribution < -0.4 is 10.7 Å². The molecule has 0 spiro atoms. The van der Waals surface area contributed by atoms with E-state index in [9.17, 15) is 0 Å². The summed E-state index contributed by atoms with van der Waals surface area (Å²) in [4.78, 5) is 0. The maximum Gasteiger partial charge on any atom is 0.186 e. The van der Waals surface area contributed by atoms with Crippen LogP contribution >= 0.6 is 28.1 Å². The second-order valence-electron chi connectivity index (χ2n) is 2.50. The topological polar surface area (TPSA) is 36.4 Å². The molecule has 0 amide bonds. The van der Waals surface area contributed by atoms with Crippen LogP contribution in [0, 0.1) is 0 Å². The van der Waals surface area contributed by atoms with Gasteiger partial charge in [0.2, 0.25) is 0 Å². The fourth-order valence-electron chi connectivity index (χ4n) is 0.808. The van der Waals surface area contributed by atoms with E-state index in [0.29, 0.717) is 5.11 Å². The van der Waals surface area contributed by atoms with Gasteiger partial charge in [0, 0.05) is 11.5 Å². The molecule has 74 valence electrons. The summed E-state index contributed by atoms with van der Waals surface area (Å²) < 4.78 is 1.03. The van der Waals surface area contributed by atoms with Gasteiger partial charge in [-0.25, -0.2) is 0 Å². The number of nitrogens with one attached hydrogen (secondary N) is 2. The van der Waals surface area contributed by atoms with E-state index in [4.69, 9.17) is 12.2 Å². The Labute approximate surface area is 96.7 Å². The molecule has 1 aromatic rings. The summed E-state index contributed by atoms with van der Waals surface area (Å²) in [5.41, 5.74) is 3.68. The van der Waals surface area contributed by atoms with Crippen LogP contribution in [0.5, 0.6) is 0 Å². The SMILES string of the molecule is CNC(=S)NN=Cc1cccc(Br)c1. The van der Waals surface area contributed by atoms with Crippen molar-refractivity contribution in [2.24, 2.45) is 5.10 Å². The van der Waals surface area contributed by atoms with E-state index in [1.54, 1.807) is 13.3 Å². The van der Waals surface area contributed by atoms with Crippen LogP contribution in [0.2, 0.25) is 0 Å². The molecule has 0 unspecified atom stereocenters. The number of hydrazone groups is 1. The quantitative estimate of drug-likeness (QED) is 0.490. The highest BCUT2D eigenvalue weighted by molar-refractivity contribution is 9.10. The van der Waals surface area contributed by atoms with E-state index in [-0.39, 0.29) is 0 Å². The van der Waals surface area contributed by atoms with Gasteiger partial charge in [-0.1, -0.05) is 28.1 Å². The van der Waals surface area contributed by atoms with Crippen molar-refractivity contribution in [2.75, 3.05) is 7.05 Å². The normalized spacial score (nSPS) is 10.1. The molecule has 0 aliphatic heterocycles. The number of nitrogens with zero attached hydrogens (tertiary/aromatic N) is 1. The summed E-state index contributed by atoms with van der Waals surface area (Å²) in [6.07, 6.45) is 1.70. The Morgan fingerprint density at radius 2 is 2.36 bits per heavy atom. The molecule has 1 rings (SSSR count). The Bertz CT molecular complexity index is 352. The third kappa shape index (κ3) is 3.85. The molecular weight excluding hydrogens is 262 g/mol. The summed E-state index contributed by atoms with van der Waals surface area (Å²) in [6, 6.07) is 7.83. The molecule has 0 aliphatic rings. The Morgan fingerprint density at radius 3 is 3.00 bits per heavy atom. The van der Waals surface area contributed by atoms with Crippen molar-refractivity contribution in [1.82, 2.24) is 10.7 Å². The molecule has 0 heterocycles. The molecule has 0 radical (unpaired) electrons. The maximum atomic E-state index is 4.85. The number of benzene rings is 1. The van der Waals surface area contributed by atoms with E-state index < -0.39 is 0 Å². The zero-order chi connectivity index (χ0) is 10.4. The molecule has 0 bridgehead atoms. The Hall–Kier alpha value is -0.940. The molecule has 0 saturated carbocycles. The van der Waals surface area contributed by atoms with Gasteiger partial charge >= 0.3 is 0 Å². The van der Waals surface area contributed by atoms with Gasteiger partial charge in [-0.2, -0.15) is 5.10 Å². The highest BCUT2D eigenvalue weighted by Crippen LogP contribution is 2.09. The Balaban J connectivity index is 2.56. The van der Waals surface area contributed by atoms with Crippen LogP contribution in [-0.2, 0) is 0 Å². The molecule has 2 N–H and O–H groups in total. The van der Waals surface area contributed by atoms with Crippen LogP contribution in [0.4, 0.5) is 0 Å². The average molecular weight is 272 g/mol. The zero-order valence-electron chi connectivity index (χ0n) is 7.62. The lowest BCUT2D eigenvalue weighted by molar-refractivity contribution is 0.982. The zero-order valence-corrected chi connectivity index (χ0v) is 10.0. The average Bonchev–Trinajstić information content (AvgIpc) is 2.17. The van der Waals surface area contributed by atoms with E-state index in [0.717, 1.165) is 10.0 Å². The lowest BCUT2D eigenvalue weighted by Gasteiger charge is -1.99. The van der Waals surface area contributed by atoms with Crippen molar-refractivity contribution in [3.8, 4) is 0 Å². The van der Waals surface area contributed by atoms with Crippen molar-refractivity contribution >= 4 is 39.5 Å². The second kappa shape index (κ2) is 5.72. The fourth-order valence-corrected chi connectivity index (χ4v) is 1.28. The minimum Gasteiger partial charge on any atom is -0.364 e. The summed E-state index contributed by atoms with van der Waals surface area (Å²) in [7, 11) is 1.74. The van der Waals surface area contributed by atoms with Crippen LogP contribution in [-0.4, -0.2) is 18.4 Å². The minimum atomic E-state index is 0.497. The number of hydrogen-bond acceptors (Lipinski definition) is 2. The standard InChI is InChI=1S/C9H10BrN3S/c1-11-9(14)13-12-6-7-3-2-4-8(10)5-7/h2-6H,1H3,(H2,11,13,14). The molecule has 0 aliphatic carbocycles. The van der Waals surface area contributed by atoms with Crippen LogP contribution in [0.3, 0.4) is 0 Å². The van der Waals surface area contributed by atoms with Crippen LogP contribution in [0.25, 0.3) is 0 Å². The maximum absolute atomic E-state index is 4.85. The molecule has 0 aromatic heterocycles. The Kier molecular flexibility index (Phi) is 4.55. The monoisotopic (exact) mass is 271 g/mol. The Morgan fingerprint density at radius 1 is 1.57 bits per heavy atom. The van der Waals surface area contributed by atoms with E-state index in [1.165, 1.54) is 0 Å². The molecule has 0 atom stereocenters.